The van der Waals surface area contributed by atoms with Crippen LogP contribution in [0.25, 0.3) is 0 Å². The Labute approximate surface area is 222 Å². The first-order valence-corrected chi connectivity index (χ1v) is 12.5. The van der Waals surface area contributed by atoms with E-state index in [9.17, 15) is 29.4 Å². The highest BCUT2D eigenvalue weighted by molar-refractivity contribution is 5.94. The summed E-state index contributed by atoms with van der Waals surface area (Å²) >= 11 is 0. The molecule has 1 aromatic carbocycles. The van der Waals surface area contributed by atoms with E-state index in [1.165, 1.54) is 6.92 Å². The van der Waals surface area contributed by atoms with Gasteiger partial charge in [0.25, 0.3) is 0 Å². The number of carboxylic acids is 1. The van der Waals surface area contributed by atoms with Crippen LogP contribution in [0.5, 0.6) is 0 Å². The highest BCUT2D eigenvalue weighted by atomic mass is 16.4. The van der Waals surface area contributed by atoms with Gasteiger partial charge in [-0.1, -0.05) is 44.2 Å². The standard InChI is InChI=1S/C25H41N7O6/c1-14(2)12-19(24(37)38)31-22(35)18(10-7-11-29-25(27)28)30-23(36)20(15(3)33)32-21(34)17(26)13-16-8-5-4-6-9-16/h4-6,8-9,14-15,17-20,33H,7,10-13,26H2,1-3H3,(H,30,36)(H,31,35)(H,32,34)(H,37,38)(H4,27,28,29). The number of hydrogen-bond donors (Lipinski definition) is 8. The number of nitrogens with zero attached hydrogens (tertiary/aromatic N) is 1. The number of guanidine groups is 1. The number of aliphatic hydroxyl groups is 1. The summed E-state index contributed by atoms with van der Waals surface area (Å²) in [6.07, 6.45) is -0.576. The van der Waals surface area contributed by atoms with Gasteiger partial charge in [-0.15, -0.1) is 0 Å². The van der Waals surface area contributed by atoms with Crippen molar-refractivity contribution >= 4 is 29.7 Å². The van der Waals surface area contributed by atoms with E-state index in [-0.39, 0.29) is 44.1 Å². The van der Waals surface area contributed by atoms with Crippen molar-refractivity contribution in [3.05, 3.63) is 35.9 Å². The maximum atomic E-state index is 13.1. The van der Waals surface area contributed by atoms with Gasteiger partial charge in [0.1, 0.15) is 18.1 Å². The lowest BCUT2D eigenvalue weighted by molar-refractivity contribution is -0.143. The van der Waals surface area contributed by atoms with Crippen LogP contribution >= 0.6 is 0 Å². The van der Waals surface area contributed by atoms with Crippen molar-refractivity contribution in [3.8, 4) is 0 Å². The number of aliphatic imine (C=N–C) groups is 1. The van der Waals surface area contributed by atoms with E-state index in [1.54, 1.807) is 24.3 Å². The molecule has 0 fully saturated rings. The molecule has 1 rings (SSSR count). The summed E-state index contributed by atoms with van der Waals surface area (Å²) in [4.78, 5) is 54.2. The molecule has 212 valence electrons. The lowest BCUT2D eigenvalue weighted by Gasteiger charge is -2.26. The van der Waals surface area contributed by atoms with Crippen LogP contribution in [-0.2, 0) is 25.6 Å². The Morgan fingerprint density at radius 3 is 2.05 bits per heavy atom. The van der Waals surface area contributed by atoms with Gasteiger partial charge in [0.2, 0.25) is 17.7 Å². The van der Waals surface area contributed by atoms with Gasteiger partial charge in [-0.3, -0.25) is 19.4 Å². The predicted molar refractivity (Wildman–Crippen MR) is 143 cm³/mol. The second-order valence-corrected chi connectivity index (χ2v) is 9.56. The number of carboxylic acid groups (broad SMARTS) is 1. The molecular formula is C25H41N7O6. The Morgan fingerprint density at radius 1 is 0.921 bits per heavy atom. The molecule has 13 nitrogen and oxygen atoms in total. The molecule has 0 heterocycles. The summed E-state index contributed by atoms with van der Waals surface area (Å²) < 4.78 is 0. The summed E-state index contributed by atoms with van der Waals surface area (Å²) in [6.45, 7) is 5.11. The summed E-state index contributed by atoms with van der Waals surface area (Å²) in [7, 11) is 0. The molecule has 0 aliphatic rings. The van der Waals surface area contributed by atoms with Gasteiger partial charge in [-0.05, 0) is 44.1 Å². The average Bonchev–Trinajstić information content (AvgIpc) is 2.83. The third-order valence-electron chi connectivity index (χ3n) is 5.60. The Kier molecular flexibility index (Phi) is 13.8. The molecule has 0 aliphatic carbocycles. The fraction of sp³-hybridized carbons (Fsp3) is 0.560. The Balaban J connectivity index is 2.98. The number of aliphatic hydroxyl groups excluding tert-OH is 1. The number of benzene rings is 1. The number of nitrogens with two attached hydrogens (primary N) is 3. The van der Waals surface area contributed by atoms with E-state index in [2.05, 4.69) is 20.9 Å². The first-order valence-electron chi connectivity index (χ1n) is 12.5. The van der Waals surface area contributed by atoms with Crippen molar-refractivity contribution < 1.29 is 29.4 Å². The maximum absolute atomic E-state index is 13.1. The van der Waals surface area contributed by atoms with Crippen molar-refractivity contribution in [1.82, 2.24) is 16.0 Å². The van der Waals surface area contributed by atoms with Crippen LogP contribution in [0.1, 0.15) is 45.6 Å². The van der Waals surface area contributed by atoms with Crippen molar-refractivity contribution in [1.29, 1.82) is 0 Å². The normalized spacial score (nSPS) is 14.9. The third-order valence-corrected chi connectivity index (χ3v) is 5.60. The van der Waals surface area contributed by atoms with Crippen molar-refractivity contribution in [2.24, 2.45) is 28.1 Å². The molecule has 0 spiro atoms. The fourth-order valence-corrected chi connectivity index (χ4v) is 3.63. The molecule has 0 aliphatic heterocycles. The van der Waals surface area contributed by atoms with E-state index in [0.29, 0.717) is 0 Å². The number of amides is 3. The molecule has 0 saturated heterocycles. The fourth-order valence-electron chi connectivity index (χ4n) is 3.63. The smallest absolute Gasteiger partial charge is 0.326 e. The number of nitrogens with one attached hydrogen (secondary N) is 3. The molecule has 0 radical (unpaired) electrons. The van der Waals surface area contributed by atoms with Gasteiger partial charge in [-0.2, -0.15) is 0 Å². The second-order valence-electron chi connectivity index (χ2n) is 9.56. The minimum atomic E-state index is -1.41. The van der Waals surface area contributed by atoms with Crippen LogP contribution < -0.4 is 33.2 Å². The molecule has 0 saturated carbocycles. The Morgan fingerprint density at radius 2 is 1.53 bits per heavy atom. The third kappa shape index (κ3) is 12.0. The zero-order valence-electron chi connectivity index (χ0n) is 22.1. The van der Waals surface area contributed by atoms with Crippen LogP contribution in [0.3, 0.4) is 0 Å². The van der Waals surface area contributed by atoms with E-state index in [4.69, 9.17) is 17.2 Å². The van der Waals surface area contributed by atoms with Gasteiger partial charge >= 0.3 is 5.97 Å². The topological polar surface area (TPSA) is 235 Å². The lowest BCUT2D eigenvalue weighted by Crippen LogP contribution is -2.60. The monoisotopic (exact) mass is 535 g/mol. The zero-order valence-corrected chi connectivity index (χ0v) is 22.1. The molecule has 0 aromatic heterocycles. The van der Waals surface area contributed by atoms with Gasteiger partial charge in [0.15, 0.2) is 5.96 Å². The largest absolute Gasteiger partial charge is 0.480 e. The molecular weight excluding hydrogens is 494 g/mol. The molecule has 3 amide bonds. The van der Waals surface area contributed by atoms with Crippen LogP contribution in [-0.4, -0.2) is 76.7 Å². The lowest BCUT2D eigenvalue weighted by atomic mass is 10.0. The van der Waals surface area contributed by atoms with Crippen LogP contribution in [0.2, 0.25) is 0 Å². The molecule has 5 atom stereocenters. The summed E-state index contributed by atoms with van der Waals surface area (Å²) in [5, 5.41) is 27.1. The molecule has 0 bridgehead atoms. The number of carbonyl (C=O) groups is 4. The summed E-state index contributed by atoms with van der Waals surface area (Å²) in [5.41, 5.74) is 17.5. The molecule has 38 heavy (non-hydrogen) atoms. The average molecular weight is 536 g/mol. The van der Waals surface area contributed by atoms with Crippen LogP contribution in [0.15, 0.2) is 35.3 Å². The summed E-state index contributed by atoms with van der Waals surface area (Å²) in [5.74, 6) is -3.58. The first kappa shape index (κ1) is 32.3. The van der Waals surface area contributed by atoms with Crippen LogP contribution in [0, 0.1) is 5.92 Å². The SMILES string of the molecule is CC(C)CC(NC(=O)C(CCCN=C(N)N)NC(=O)C(NC(=O)C(N)Cc1ccccc1)C(C)O)C(=O)O. The minimum Gasteiger partial charge on any atom is -0.480 e. The molecule has 11 N–H and O–H groups in total. The van der Waals surface area contributed by atoms with Gasteiger partial charge in [0, 0.05) is 6.54 Å². The molecule has 1 aromatic rings. The van der Waals surface area contributed by atoms with Gasteiger partial charge in [0.05, 0.1) is 12.1 Å². The number of rotatable bonds is 16. The maximum Gasteiger partial charge on any atom is 0.326 e. The van der Waals surface area contributed by atoms with E-state index < -0.39 is 54.0 Å². The van der Waals surface area contributed by atoms with Gasteiger partial charge in [-0.25, -0.2) is 4.79 Å². The van der Waals surface area contributed by atoms with E-state index in [1.807, 2.05) is 19.9 Å². The van der Waals surface area contributed by atoms with Crippen molar-refractivity contribution in [2.45, 2.75) is 76.7 Å². The predicted octanol–water partition coefficient (Wildman–Crippen LogP) is -1.42. The second kappa shape index (κ2) is 16.2. The quantitative estimate of drug-likeness (QED) is 0.0703. The summed E-state index contributed by atoms with van der Waals surface area (Å²) in [6, 6.07) is 4.31. The van der Waals surface area contributed by atoms with Crippen molar-refractivity contribution in [3.63, 3.8) is 0 Å². The van der Waals surface area contributed by atoms with Crippen LogP contribution in [0.4, 0.5) is 0 Å². The number of hydrogen-bond acceptors (Lipinski definition) is 7. The molecule has 5 unspecified atom stereocenters. The molecule has 13 heteroatoms. The number of aliphatic carboxylic acids is 1. The highest BCUT2D eigenvalue weighted by Gasteiger charge is 2.32. The van der Waals surface area contributed by atoms with Gasteiger partial charge < -0.3 is 43.4 Å². The van der Waals surface area contributed by atoms with E-state index in [0.717, 1.165) is 5.56 Å². The Hall–Kier alpha value is -3.71. The zero-order chi connectivity index (χ0) is 28.8. The van der Waals surface area contributed by atoms with E-state index >= 15 is 0 Å². The Bertz CT molecular complexity index is 951. The number of carbonyl (C=O) groups excluding carboxylic acids is 3. The van der Waals surface area contributed by atoms with Crippen molar-refractivity contribution in [2.75, 3.05) is 6.54 Å². The first-order chi connectivity index (χ1) is 17.8. The highest BCUT2D eigenvalue weighted by Crippen LogP contribution is 2.08. The minimum absolute atomic E-state index is 0.0127.